The first kappa shape index (κ1) is 9.43. The fraction of sp³-hybridized carbons (Fsp3) is 0.857. The standard InChI is InChI=1S/C7H15N2O/c1-4-6(2)9-7(3)8-5-10/h6-7,9H,4H2,1-3H3,(H,8,10). The van der Waals surface area contributed by atoms with Gasteiger partial charge in [0.25, 0.3) is 0 Å². The fourth-order valence-electron chi connectivity index (χ4n) is 0.675. The van der Waals surface area contributed by atoms with Gasteiger partial charge >= 0.3 is 6.41 Å². The van der Waals surface area contributed by atoms with E-state index in [1.165, 1.54) is 0 Å². The van der Waals surface area contributed by atoms with Crippen LogP contribution in [0.2, 0.25) is 0 Å². The van der Waals surface area contributed by atoms with E-state index in [4.69, 9.17) is 0 Å². The summed E-state index contributed by atoms with van der Waals surface area (Å²) in [7, 11) is 0. The highest BCUT2D eigenvalue weighted by molar-refractivity contribution is 5.47. The Kier molecular flexibility index (Phi) is 4.94. The molecule has 0 bridgehead atoms. The molecule has 1 amide bonds. The summed E-state index contributed by atoms with van der Waals surface area (Å²) in [6.07, 6.45) is 2.72. The highest BCUT2D eigenvalue weighted by Crippen LogP contribution is 1.88. The third-order valence-corrected chi connectivity index (χ3v) is 1.42. The molecule has 0 aromatic carbocycles. The van der Waals surface area contributed by atoms with Crippen molar-refractivity contribution in [1.82, 2.24) is 10.6 Å². The lowest BCUT2D eigenvalue weighted by molar-refractivity contribution is 0.427. The van der Waals surface area contributed by atoms with Gasteiger partial charge in [0.1, 0.15) is 0 Å². The summed E-state index contributed by atoms with van der Waals surface area (Å²) in [6.45, 7) is 6.05. The summed E-state index contributed by atoms with van der Waals surface area (Å²) in [4.78, 5) is 9.81. The van der Waals surface area contributed by atoms with Crippen molar-refractivity contribution in [3.8, 4) is 0 Å². The molecule has 0 aromatic rings. The van der Waals surface area contributed by atoms with Gasteiger partial charge in [0.05, 0.1) is 6.17 Å². The van der Waals surface area contributed by atoms with Crippen LogP contribution < -0.4 is 10.6 Å². The average Bonchev–Trinajstić information content (AvgIpc) is 1.88. The zero-order valence-electron chi connectivity index (χ0n) is 6.77. The molecule has 2 N–H and O–H groups in total. The van der Waals surface area contributed by atoms with Gasteiger partial charge in [0, 0.05) is 6.04 Å². The van der Waals surface area contributed by atoms with Gasteiger partial charge in [-0.3, -0.25) is 10.1 Å². The first-order valence-corrected chi connectivity index (χ1v) is 3.59. The highest BCUT2D eigenvalue weighted by Gasteiger charge is 2.02. The van der Waals surface area contributed by atoms with Gasteiger partial charge in [-0.25, -0.2) is 0 Å². The third kappa shape index (κ3) is 4.32. The van der Waals surface area contributed by atoms with Gasteiger partial charge in [-0.2, -0.15) is 0 Å². The van der Waals surface area contributed by atoms with E-state index in [-0.39, 0.29) is 6.17 Å². The van der Waals surface area contributed by atoms with Crippen LogP contribution in [0.5, 0.6) is 0 Å². The van der Waals surface area contributed by atoms with E-state index in [1.54, 1.807) is 6.41 Å². The summed E-state index contributed by atoms with van der Waals surface area (Å²) >= 11 is 0. The first-order valence-electron chi connectivity index (χ1n) is 3.59. The zero-order valence-corrected chi connectivity index (χ0v) is 6.77. The van der Waals surface area contributed by atoms with Gasteiger partial charge < -0.3 is 5.32 Å². The minimum atomic E-state index is 0.0208. The van der Waals surface area contributed by atoms with E-state index in [9.17, 15) is 4.79 Å². The molecule has 0 aliphatic carbocycles. The summed E-state index contributed by atoms with van der Waals surface area (Å²) in [5.74, 6) is 0. The summed E-state index contributed by atoms with van der Waals surface area (Å²) in [6, 6.07) is 0.441. The van der Waals surface area contributed by atoms with Crippen molar-refractivity contribution in [2.75, 3.05) is 0 Å². The Morgan fingerprint density at radius 3 is 2.50 bits per heavy atom. The normalized spacial score (nSPS) is 15.9. The van der Waals surface area contributed by atoms with Crippen molar-refractivity contribution in [1.29, 1.82) is 0 Å². The molecule has 0 fully saturated rings. The number of carbonyl (C=O) groups excluding carboxylic acids is 1. The minimum Gasteiger partial charge on any atom is -0.333 e. The van der Waals surface area contributed by atoms with Crippen molar-refractivity contribution < 1.29 is 4.79 Å². The van der Waals surface area contributed by atoms with Crippen molar-refractivity contribution in [3.05, 3.63) is 0 Å². The molecule has 0 aliphatic rings. The van der Waals surface area contributed by atoms with Crippen LogP contribution in [0.25, 0.3) is 0 Å². The quantitative estimate of drug-likeness (QED) is 0.431. The topological polar surface area (TPSA) is 41.1 Å². The lowest BCUT2D eigenvalue weighted by atomic mass is 10.2. The number of hydrogen-bond acceptors (Lipinski definition) is 2. The number of rotatable bonds is 5. The second-order valence-electron chi connectivity index (χ2n) is 2.44. The maximum absolute atomic E-state index is 9.81. The molecule has 59 valence electrons. The molecule has 3 heteroatoms. The molecular weight excluding hydrogens is 128 g/mol. The predicted molar refractivity (Wildman–Crippen MR) is 41.2 cm³/mol. The first-order chi connectivity index (χ1) is 4.70. The van der Waals surface area contributed by atoms with Gasteiger partial charge in [-0.1, -0.05) is 6.92 Å². The molecule has 2 atom stereocenters. The summed E-state index contributed by atoms with van der Waals surface area (Å²) < 4.78 is 0. The molecule has 0 saturated heterocycles. The van der Waals surface area contributed by atoms with Crippen LogP contribution in [0.4, 0.5) is 0 Å². The molecule has 1 radical (unpaired) electrons. The summed E-state index contributed by atoms with van der Waals surface area (Å²) in [5.41, 5.74) is 0. The largest absolute Gasteiger partial charge is 0.333 e. The zero-order chi connectivity index (χ0) is 7.98. The Bertz CT molecular complexity index is 95.6. The maximum Gasteiger partial charge on any atom is 0.310 e. The fourth-order valence-corrected chi connectivity index (χ4v) is 0.675. The second-order valence-corrected chi connectivity index (χ2v) is 2.44. The Labute approximate surface area is 62.2 Å². The van der Waals surface area contributed by atoms with Crippen LogP contribution in [0, 0.1) is 0 Å². The van der Waals surface area contributed by atoms with E-state index in [0.29, 0.717) is 6.04 Å². The molecule has 0 aromatic heterocycles. The van der Waals surface area contributed by atoms with Crippen molar-refractivity contribution in [3.63, 3.8) is 0 Å². The lowest BCUT2D eigenvalue weighted by Crippen LogP contribution is -2.43. The lowest BCUT2D eigenvalue weighted by Gasteiger charge is -2.16. The molecule has 3 nitrogen and oxygen atoms in total. The molecule has 0 saturated carbocycles. The average molecular weight is 143 g/mol. The van der Waals surface area contributed by atoms with E-state index in [1.807, 2.05) is 6.92 Å². The minimum absolute atomic E-state index is 0.0208. The van der Waals surface area contributed by atoms with Crippen molar-refractivity contribution in [2.24, 2.45) is 0 Å². The second kappa shape index (κ2) is 5.23. The molecule has 2 unspecified atom stereocenters. The van der Waals surface area contributed by atoms with Gasteiger partial charge in [0.15, 0.2) is 0 Å². The van der Waals surface area contributed by atoms with Crippen LogP contribution in [-0.4, -0.2) is 18.6 Å². The summed E-state index contributed by atoms with van der Waals surface area (Å²) in [5, 5.41) is 5.65. The smallest absolute Gasteiger partial charge is 0.310 e. The molecule has 0 heterocycles. The molecule has 10 heavy (non-hydrogen) atoms. The SMILES string of the molecule is CCC(C)NC(C)N[C]=O. The van der Waals surface area contributed by atoms with Gasteiger partial charge in [-0.05, 0) is 20.3 Å². The van der Waals surface area contributed by atoms with Crippen LogP contribution in [0.15, 0.2) is 0 Å². The van der Waals surface area contributed by atoms with E-state index >= 15 is 0 Å². The molecule has 0 rings (SSSR count). The van der Waals surface area contributed by atoms with Crippen LogP contribution in [0.3, 0.4) is 0 Å². The van der Waals surface area contributed by atoms with Gasteiger partial charge in [0.2, 0.25) is 0 Å². The van der Waals surface area contributed by atoms with E-state index in [0.717, 1.165) is 6.42 Å². The van der Waals surface area contributed by atoms with Crippen LogP contribution in [-0.2, 0) is 4.79 Å². The molecule has 0 spiro atoms. The Hall–Kier alpha value is -0.570. The van der Waals surface area contributed by atoms with Gasteiger partial charge in [-0.15, -0.1) is 0 Å². The van der Waals surface area contributed by atoms with Crippen LogP contribution >= 0.6 is 0 Å². The highest BCUT2D eigenvalue weighted by atomic mass is 16.1. The van der Waals surface area contributed by atoms with E-state index in [2.05, 4.69) is 24.5 Å². The van der Waals surface area contributed by atoms with Crippen molar-refractivity contribution >= 4 is 6.41 Å². The Balaban J connectivity index is 3.35. The Morgan fingerprint density at radius 1 is 1.50 bits per heavy atom. The third-order valence-electron chi connectivity index (χ3n) is 1.42. The molecular formula is C7H15N2O. The van der Waals surface area contributed by atoms with E-state index < -0.39 is 0 Å². The number of hydrogen-bond donors (Lipinski definition) is 2. The van der Waals surface area contributed by atoms with Crippen LogP contribution in [0.1, 0.15) is 27.2 Å². The Morgan fingerprint density at radius 2 is 2.10 bits per heavy atom. The molecule has 0 aliphatic heterocycles. The monoisotopic (exact) mass is 143 g/mol. The van der Waals surface area contributed by atoms with Crippen molar-refractivity contribution in [2.45, 2.75) is 39.4 Å². The number of amides is 1. The maximum atomic E-state index is 9.81. The number of nitrogens with one attached hydrogen (secondary N) is 2. The predicted octanol–water partition coefficient (Wildman–Crippen LogP) is 0.377.